The largest absolute Gasteiger partial charge is 0.352 e. The summed E-state index contributed by atoms with van der Waals surface area (Å²) >= 11 is 0. The molecule has 0 radical (unpaired) electrons. The fourth-order valence-corrected chi connectivity index (χ4v) is 5.68. The van der Waals surface area contributed by atoms with E-state index in [0.29, 0.717) is 12.1 Å². The normalized spacial score (nSPS) is 32.4. The van der Waals surface area contributed by atoms with Crippen LogP contribution in [0.25, 0.3) is 0 Å². The maximum Gasteiger partial charge on any atom is 0.274 e. The molecule has 5 nitrogen and oxygen atoms in total. The van der Waals surface area contributed by atoms with Crippen LogP contribution in [0.1, 0.15) is 54.4 Å². The van der Waals surface area contributed by atoms with Gasteiger partial charge in [0, 0.05) is 17.5 Å². The molecule has 0 aromatic heterocycles. The summed E-state index contributed by atoms with van der Waals surface area (Å²) < 4.78 is 0. The van der Waals surface area contributed by atoms with E-state index in [2.05, 4.69) is 15.6 Å². The van der Waals surface area contributed by atoms with Crippen LogP contribution in [0.2, 0.25) is 0 Å². The third-order valence-electron chi connectivity index (χ3n) is 6.38. The van der Waals surface area contributed by atoms with Crippen LogP contribution in [0.4, 0.5) is 0 Å². The zero-order valence-corrected chi connectivity index (χ0v) is 14.7. The van der Waals surface area contributed by atoms with E-state index in [1.807, 2.05) is 12.1 Å². The summed E-state index contributed by atoms with van der Waals surface area (Å²) in [6.45, 7) is 0.521. The topological polar surface area (TPSA) is 67.4 Å². The van der Waals surface area contributed by atoms with Crippen LogP contribution >= 0.6 is 0 Å². The van der Waals surface area contributed by atoms with Crippen LogP contribution in [-0.4, -0.2) is 18.9 Å². The molecule has 0 aliphatic heterocycles. The SMILES string of the molecule is CONC(=O)c1ccc(CNC(=O)C23CC4CC(CC(C4)C2)C3)cc1. The standard InChI is InChI=1S/C20H26N2O3/c1-25-22-18(23)17-4-2-13(3-5-17)12-21-19(24)20-9-14-6-15(10-20)8-16(7-14)11-20/h2-5,14-16H,6-12H2,1H3,(H,21,24)(H,22,23). The van der Waals surface area contributed by atoms with Gasteiger partial charge in [0.15, 0.2) is 0 Å². The van der Waals surface area contributed by atoms with Gasteiger partial charge in [-0.1, -0.05) is 12.1 Å². The van der Waals surface area contributed by atoms with Crippen LogP contribution in [0.3, 0.4) is 0 Å². The molecular weight excluding hydrogens is 316 g/mol. The molecule has 2 amide bonds. The second-order valence-corrected chi connectivity index (χ2v) is 8.21. The third-order valence-corrected chi connectivity index (χ3v) is 6.38. The molecule has 4 saturated carbocycles. The van der Waals surface area contributed by atoms with E-state index in [9.17, 15) is 9.59 Å². The Kier molecular flexibility index (Phi) is 4.28. The van der Waals surface area contributed by atoms with Gasteiger partial charge in [0.2, 0.25) is 5.91 Å². The van der Waals surface area contributed by atoms with Gasteiger partial charge in [0.25, 0.3) is 5.91 Å². The van der Waals surface area contributed by atoms with Crippen molar-refractivity contribution in [2.45, 2.75) is 45.1 Å². The predicted molar refractivity (Wildman–Crippen MR) is 93.4 cm³/mol. The van der Waals surface area contributed by atoms with E-state index in [-0.39, 0.29) is 17.2 Å². The predicted octanol–water partition coefficient (Wildman–Crippen LogP) is 2.81. The second-order valence-electron chi connectivity index (χ2n) is 8.21. The maximum absolute atomic E-state index is 12.9. The van der Waals surface area contributed by atoms with Crippen molar-refractivity contribution < 1.29 is 14.4 Å². The lowest BCUT2D eigenvalue weighted by Gasteiger charge is -2.55. The Morgan fingerprint density at radius 1 is 1.04 bits per heavy atom. The van der Waals surface area contributed by atoms with Crippen LogP contribution in [0.5, 0.6) is 0 Å². The average molecular weight is 342 g/mol. The van der Waals surface area contributed by atoms with Crippen molar-refractivity contribution in [2.24, 2.45) is 23.2 Å². The van der Waals surface area contributed by atoms with Gasteiger partial charge in [-0.2, -0.15) is 0 Å². The Morgan fingerprint density at radius 2 is 1.60 bits per heavy atom. The van der Waals surface area contributed by atoms with E-state index >= 15 is 0 Å². The number of hydrogen-bond acceptors (Lipinski definition) is 3. The summed E-state index contributed by atoms with van der Waals surface area (Å²) in [5.74, 6) is 2.29. The van der Waals surface area contributed by atoms with Gasteiger partial charge in [-0.3, -0.25) is 14.4 Å². The van der Waals surface area contributed by atoms with Crippen LogP contribution in [-0.2, 0) is 16.2 Å². The van der Waals surface area contributed by atoms with Gasteiger partial charge in [0.05, 0.1) is 7.11 Å². The number of carbonyl (C=O) groups is 2. The lowest BCUT2D eigenvalue weighted by Crippen LogP contribution is -2.53. The molecule has 4 bridgehead atoms. The first kappa shape index (κ1) is 16.6. The maximum atomic E-state index is 12.9. The molecule has 1 aromatic carbocycles. The summed E-state index contributed by atoms with van der Waals surface area (Å²) in [6.07, 6.45) is 7.29. The molecule has 0 heterocycles. The van der Waals surface area contributed by atoms with E-state index in [1.165, 1.54) is 26.4 Å². The van der Waals surface area contributed by atoms with E-state index < -0.39 is 0 Å². The minimum atomic E-state index is -0.272. The fourth-order valence-electron chi connectivity index (χ4n) is 5.68. The first-order chi connectivity index (χ1) is 12.1. The summed E-state index contributed by atoms with van der Waals surface area (Å²) in [5, 5.41) is 3.17. The summed E-state index contributed by atoms with van der Waals surface area (Å²) in [7, 11) is 1.41. The third kappa shape index (κ3) is 3.17. The highest BCUT2D eigenvalue weighted by Crippen LogP contribution is 2.60. The Bertz CT molecular complexity index is 633. The monoisotopic (exact) mass is 342 g/mol. The Hall–Kier alpha value is -1.88. The number of nitrogens with one attached hydrogen (secondary N) is 2. The molecule has 5 rings (SSSR count). The summed E-state index contributed by atoms with van der Waals surface area (Å²) in [4.78, 5) is 29.2. The fraction of sp³-hybridized carbons (Fsp3) is 0.600. The molecule has 0 atom stereocenters. The number of rotatable bonds is 5. The van der Waals surface area contributed by atoms with E-state index in [0.717, 1.165) is 42.6 Å². The van der Waals surface area contributed by atoms with Crippen molar-refractivity contribution in [2.75, 3.05) is 7.11 Å². The van der Waals surface area contributed by atoms with Gasteiger partial charge in [-0.25, -0.2) is 5.48 Å². The zero-order chi connectivity index (χ0) is 17.4. The van der Waals surface area contributed by atoms with Crippen LogP contribution in [0.15, 0.2) is 24.3 Å². The molecule has 4 aliphatic carbocycles. The van der Waals surface area contributed by atoms with E-state index in [4.69, 9.17) is 0 Å². The second kappa shape index (κ2) is 6.45. The lowest BCUT2D eigenvalue weighted by molar-refractivity contribution is -0.146. The average Bonchev–Trinajstić information content (AvgIpc) is 2.59. The number of hydroxylamine groups is 1. The summed E-state index contributed by atoms with van der Waals surface area (Å²) in [6, 6.07) is 7.26. The molecule has 0 saturated heterocycles. The number of hydrogen-bond donors (Lipinski definition) is 2. The molecule has 1 aromatic rings. The van der Waals surface area contributed by atoms with Crippen molar-refractivity contribution in [3.05, 3.63) is 35.4 Å². The molecule has 5 heteroatoms. The molecule has 4 aliphatic rings. The number of carbonyl (C=O) groups excluding carboxylic acids is 2. The van der Waals surface area contributed by atoms with Gasteiger partial charge in [-0.05, 0) is 74.0 Å². The first-order valence-electron chi connectivity index (χ1n) is 9.28. The first-order valence-corrected chi connectivity index (χ1v) is 9.28. The molecule has 25 heavy (non-hydrogen) atoms. The molecule has 0 spiro atoms. The summed E-state index contributed by atoms with van der Waals surface area (Å²) in [5.41, 5.74) is 3.74. The van der Waals surface area contributed by atoms with Crippen molar-refractivity contribution in [1.82, 2.24) is 10.8 Å². The lowest BCUT2D eigenvalue weighted by atomic mass is 9.49. The Labute approximate surface area is 148 Å². The van der Waals surface area contributed by atoms with Crippen molar-refractivity contribution in [3.63, 3.8) is 0 Å². The quantitative estimate of drug-likeness (QED) is 0.809. The van der Waals surface area contributed by atoms with Crippen molar-refractivity contribution in [3.8, 4) is 0 Å². The number of benzene rings is 1. The van der Waals surface area contributed by atoms with Crippen molar-refractivity contribution >= 4 is 11.8 Å². The van der Waals surface area contributed by atoms with Gasteiger partial charge in [-0.15, -0.1) is 0 Å². The molecule has 134 valence electrons. The molecule has 0 unspecified atom stereocenters. The van der Waals surface area contributed by atoms with E-state index in [1.54, 1.807) is 12.1 Å². The number of amides is 2. The Balaban J connectivity index is 1.37. The molecule has 4 fully saturated rings. The minimum absolute atomic E-state index is 0.104. The van der Waals surface area contributed by atoms with Crippen LogP contribution in [0, 0.1) is 23.2 Å². The minimum Gasteiger partial charge on any atom is -0.352 e. The highest BCUT2D eigenvalue weighted by molar-refractivity contribution is 5.93. The van der Waals surface area contributed by atoms with Gasteiger partial charge < -0.3 is 5.32 Å². The highest BCUT2D eigenvalue weighted by atomic mass is 16.6. The highest BCUT2D eigenvalue weighted by Gasteiger charge is 2.54. The molecule has 2 N–H and O–H groups in total. The van der Waals surface area contributed by atoms with Gasteiger partial charge in [0.1, 0.15) is 0 Å². The Morgan fingerprint density at radius 3 is 2.12 bits per heavy atom. The van der Waals surface area contributed by atoms with Crippen molar-refractivity contribution in [1.29, 1.82) is 0 Å². The van der Waals surface area contributed by atoms with Crippen LogP contribution < -0.4 is 10.8 Å². The zero-order valence-electron chi connectivity index (χ0n) is 14.7. The van der Waals surface area contributed by atoms with Gasteiger partial charge >= 0.3 is 0 Å². The molecular formula is C20H26N2O3. The smallest absolute Gasteiger partial charge is 0.274 e.